The van der Waals surface area contributed by atoms with Gasteiger partial charge in [-0.15, -0.1) is 0 Å². The first kappa shape index (κ1) is 18.2. The second-order valence-corrected chi connectivity index (χ2v) is 7.28. The molecule has 0 saturated heterocycles. The molecule has 0 fully saturated rings. The lowest BCUT2D eigenvalue weighted by Gasteiger charge is -2.20. The second kappa shape index (κ2) is 7.55. The van der Waals surface area contributed by atoms with Gasteiger partial charge in [-0.2, -0.15) is 0 Å². The normalized spacial score (nSPS) is 13.6. The van der Waals surface area contributed by atoms with E-state index in [-0.39, 0.29) is 5.91 Å². The largest absolute Gasteiger partial charge is 0.497 e. The number of carbonyl (C=O) groups excluding carboxylic acids is 1. The molecule has 2 aromatic carbocycles. The Bertz CT molecular complexity index is 1230. The van der Waals surface area contributed by atoms with Crippen molar-refractivity contribution in [2.45, 2.75) is 6.54 Å². The summed E-state index contributed by atoms with van der Waals surface area (Å²) in [6, 6.07) is 17.6. The lowest BCUT2D eigenvalue weighted by Crippen LogP contribution is -2.31. The van der Waals surface area contributed by atoms with E-state index < -0.39 is 0 Å². The van der Waals surface area contributed by atoms with Gasteiger partial charge >= 0.3 is 0 Å². The molecular weight excluding hydrogens is 378 g/mol. The fourth-order valence-electron chi connectivity index (χ4n) is 3.78. The van der Waals surface area contributed by atoms with Crippen molar-refractivity contribution in [3.05, 3.63) is 78.1 Å². The zero-order chi connectivity index (χ0) is 20.5. The highest BCUT2D eigenvalue weighted by Gasteiger charge is 2.24. The Kier molecular flexibility index (Phi) is 4.59. The number of nitrogens with zero attached hydrogens (tertiary/aromatic N) is 2. The number of benzene rings is 2. The van der Waals surface area contributed by atoms with Crippen molar-refractivity contribution < 1.29 is 14.3 Å². The van der Waals surface area contributed by atoms with Gasteiger partial charge in [0.2, 0.25) is 0 Å². The summed E-state index contributed by atoms with van der Waals surface area (Å²) in [6.45, 7) is 1.48. The van der Waals surface area contributed by atoms with Gasteiger partial charge in [0.1, 0.15) is 23.8 Å². The molecule has 4 aromatic rings. The molecule has 0 spiro atoms. The summed E-state index contributed by atoms with van der Waals surface area (Å²) in [4.78, 5) is 22.5. The highest BCUT2D eigenvalue weighted by atomic mass is 16.5. The van der Waals surface area contributed by atoms with Gasteiger partial charge in [-0.25, -0.2) is 4.98 Å². The van der Waals surface area contributed by atoms with Crippen LogP contribution in [0.3, 0.4) is 0 Å². The molecule has 3 heterocycles. The third kappa shape index (κ3) is 3.37. The quantitative estimate of drug-likeness (QED) is 0.556. The number of ether oxygens (including phenoxy) is 2. The molecule has 1 aliphatic heterocycles. The standard InChI is InChI=1S/C24H21N3O3/c1-29-20-4-2-3-16(11-20)15-27-9-10-30-22-13-17(5-6-21(22)24(27)28)19-12-18-7-8-25-23(18)26-14-19/h2-8,11-14H,9-10,15H2,1H3,(H,25,26). The van der Waals surface area contributed by atoms with Gasteiger partial charge in [-0.1, -0.05) is 18.2 Å². The van der Waals surface area contributed by atoms with Gasteiger partial charge in [0.15, 0.2) is 0 Å². The summed E-state index contributed by atoms with van der Waals surface area (Å²) in [6.07, 6.45) is 3.70. The molecule has 0 aliphatic carbocycles. The molecule has 0 saturated carbocycles. The molecule has 150 valence electrons. The van der Waals surface area contributed by atoms with Gasteiger partial charge in [0.05, 0.1) is 19.2 Å². The topological polar surface area (TPSA) is 67.5 Å². The summed E-state index contributed by atoms with van der Waals surface area (Å²) in [5.74, 6) is 1.36. The number of methoxy groups -OCH3 is 1. The zero-order valence-corrected chi connectivity index (χ0v) is 16.6. The number of amides is 1. The summed E-state index contributed by atoms with van der Waals surface area (Å²) in [7, 11) is 1.64. The van der Waals surface area contributed by atoms with Crippen molar-refractivity contribution in [2.24, 2.45) is 0 Å². The Morgan fingerprint density at radius 3 is 2.97 bits per heavy atom. The number of aromatic nitrogens is 2. The zero-order valence-electron chi connectivity index (χ0n) is 16.6. The Labute approximate surface area is 174 Å². The van der Waals surface area contributed by atoms with E-state index in [1.54, 1.807) is 7.11 Å². The lowest BCUT2D eigenvalue weighted by atomic mass is 10.0. The first-order chi connectivity index (χ1) is 14.7. The number of hydrogen-bond acceptors (Lipinski definition) is 4. The van der Waals surface area contributed by atoms with Gasteiger partial charge in [0, 0.05) is 29.9 Å². The van der Waals surface area contributed by atoms with E-state index in [0.717, 1.165) is 33.5 Å². The van der Waals surface area contributed by atoms with E-state index in [2.05, 4.69) is 16.0 Å². The Hall–Kier alpha value is -3.80. The molecule has 2 aromatic heterocycles. The average Bonchev–Trinajstić information content (AvgIpc) is 3.20. The molecule has 6 heteroatoms. The van der Waals surface area contributed by atoms with Crippen LogP contribution in [0.4, 0.5) is 0 Å². The molecule has 1 amide bonds. The summed E-state index contributed by atoms with van der Waals surface area (Å²) in [5.41, 5.74) is 4.41. The number of aromatic amines is 1. The summed E-state index contributed by atoms with van der Waals surface area (Å²) < 4.78 is 11.2. The van der Waals surface area contributed by atoms with Crippen LogP contribution in [0.15, 0.2) is 67.0 Å². The molecule has 30 heavy (non-hydrogen) atoms. The fourth-order valence-corrected chi connectivity index (χ4v) is 3.78. The maximum atomic E-state index is 13.2. The van der Waals surface area contributed by atoms with Crippen LogP contribution >= 0.6 is 0 Å². The minimum absolute atomic E-state index is 0.0314. The molecular formula is C24H21N3O3. The molecule has 1 N–H and O–H groups in total. The molecule has 6 nitrogen and oxygen atoms in total. The van der Waals surface area contributed by atoms with Gasteiger partial charge in [-0.3, -0.25) is 4.79 Å². The lowest BCUT2D eigenvalue weighted by molar-refractivity contribution is 0.0743. The molecule has 0 radical (unpaired) electrons. The van der Waals surface area contributed by atoms with Gasteiger partial charge < -0.3 is 19.4 Å². The highest BCUT2D eigenvalue weighted by molar-refractivity contribution is 5.98. The molecule has 1 aliphatic rings. The summed E-state index contributed by atoms with van der Waals surface area (Å²) in [5, 5.41) is 1.05. The molecule has 0 unspecified atom stereocenters. The Morgan fingerprint density at radius 1 is 1.13 bits per heavy atom. The van der Waals surface area contributed by atoms with Crippen LogP contribution in [0.1, 0.15) is 15.9 Å². The first-order valence-corrected chi connectivity index (χ1v) is 9.84. The number of hydrogen-bond donors (Lipinski definition) is 1. The second-order valence-electron chi connectivity index (χ2n) is 7.28. The number of H-pyrrole nitrogens is 1. The number of rotatable bonds is 4. The minimum atomic E-state index is -0.0314. The smallest absolute Gasteiger partial charge is 0.258 e. The van der Waals surface area contributed by atoms with Gasteiger partial charge in [-0.05, 0) is 47.5 Å². The number of carbonyl (C=O) groups is 1. The molecule has 5 rings (SSSR count). The van der Waals surface area contributed by atoms with Crippen molar-refractivity contribution >= 4 is 16.9 Å². The number of fused-ring (bicyclic) bond motifs is 2. The maximum Gasteiger partial charge on any atom is 0.258 e. The van der Waals surface area contributed by atoms with Crippen LogP contribution in [-0.2, 0) is 6.54 Å². The van der Waals surface area contributed by atoms with Crippen LogP contribution < -0.4 is 9.47 Å². The van der Waals surface area contributed by atoms with E-state index in [9.17, 15) is 4.79 Å². The van der Waals surface area contributed by atoms with Crippen molar-refractivity contribution in [3.63, 3.8) is 0 Å². The van der Waals surface area contributed by atoms with Crippen molar-refractivity contribution in [3.8, 4) is 22.6 Å². The van der Waals surface area contributed by atoms with Crippen molar-refractivity contribution in [2.75, 3.05) is 20.3 Å². The fraction of sp³-hybridized carbons (Fsp3) is 0.167. The first-order valence-electron chi connectivity index (χ1n) is 9.84. The van der Waals surface area contributed by atoms with Crippen LogP contribution in [0, 0.1) is 0 Å². The van der Waals surface area contributed by atoms with E-state index in [1.165, 1.54) is 0 Å². The monoisotopic (exact) mass is 399 g/mol. The van der Waals surface area contributed by atoms with Crippen molar-refractivity contribution in [1.82, 2.24) is 14.9 Å². The van der Waals surface area contributed by atoms with Crippen molar-refractivity contribution in [1.29, 1.82) is 0 Å². The third-order valence-corrected chi connectivity index (χ3v) is 5.36. The van der Waals surface area contributed by atoms with Crippen LogP contribution in [0.2, 0.25) is 0 Å². The number of pyridine rings is 1. The van der Waals surface area contributed by atoms with E-state index in [1.807, 2.05) is 65.8 Å². The van der Waals surface area contributed by atoms with Crippen LogP contribution in [0.25, 0.3) is 22.2 Å². The predicted molar refractivity (Wildman–Crippen MR) is 115 cm³/mol. The van der Waals surface area contributed by atoms with Crippen LogP contribution in [-0.4, -0.2) is 41.0 Å². The molecule has 0 bridgehead atoms. The molecule has 0 atom stereocenters. The maximum absolute atomic E-state index is 13.2. The Balaban J connectivity index is 1.43. The van der Waals surface area contributed by atoms with E-state index in [0.29, 0.717) is 31.0 Å². The minimum Gasteiger partial charge on any atom is -0.497 e. The highest BCUT2D eigenvalue weighted by Crippen LogP contribution is 2.31. The third-order valence-electron chi connectivity index (χ3n) is 5.36. The Morgan fingerprint density at radius 2 is 2.07 bits per heavy atom. The average molecular weight is 399 g/mol. The van der Waals surface area contributed by atoms with Gasteiger partial charge in [0.25, 0.3) is 5.91 Å². The van der Waals surface area contributed by atoms with Crippen LogP contribution in [0.5, 0.6) is 11.5 Å². The predicted octanol–water partition coefficient (Wildman–Crippen LogP) is 4.27. The van der Waals surface area contributed by atoms with E-state index in [4.69, 9.17) is 9.47 Å². The number of nitrogens with one attached hydrogen (secondary N) is 1. The SMILES string of the molecule is COc1cccc(CN2CCOc3cc(-c4cnc5[nH]ccc5c4)ccc3C2=O)c1. The van der Waals surface area contributed by atoms with E-state index >= 15 is 0 Å². The summed E-state index contributed by atoms with van der Waals surface area (Å²) >= 11 is 0.